The van der Waals surface area contributed by atoms with Crippen LogP contribution >= 0.6 is 0 Å². The third-order valence-electron chi connectivity index (χ3n) is 5.03. The predicted molar refractivity (Wildman–Crippen MR) is 130 cm³/mol. The van der Waals surface area contributed by atoms with Gasteiger partial charge in [0.25, 0.3) is 0 Å². The Morgan fingerprint density at radius 2 is 1.73 bits per heavy atom. The molecule has 180 valence electrons. The van der Waals surface area contributed by atoms with E-state index in [2.05, 4.69) is 5.32 Å². The zero-order valence-electron chi connectivity index (χ0n) is 19.8. The summed E-state index contributed by atoms with van der Waals surface area (Å²) in [5, 5.41) is 2.86. The van der Waals surface area contributed by atoms with Crippen LogP contribution in [0, 0.1) is 0 Å². The molecule has 0 aliphatic rings. The lowest BCUT2D eigenvalue weighted by molar-refractivity contribution is -0.140. The number of hydrogen-bond donors (Lipinski definition) is 1. The molecule has 0 fully saturated rings. The molecule has 0 bridgehead atoms. The molecule has 2 aromatic rings. The number of nitrogens with one attached hydrogen (secondary N) is 1. The second-order valence-corrected chi connectivity index (χ2v) is 9.97. The van der Waals surface area contributed by atoms with E-state index < -0.39 is 28.5 Å². The van der Waals surface area contributed by atoms with Gasteiger partial charge in [0.05, 0.1) is 19.1 Å². The molecular formula is C24H33N3O5S. The van der Waals surface area contributed by atoms with E-state index in [9.17, 15) is 18.0 Å². The number of sulfonamides is 1. The van der Waals surface area contributed by atoms with Crippen LogP contribution in [0.5, 0.6) is 5.75 Å². The number of ether oxygens (including phenoxy) is 1. The highest BCUT2D eigenvalue weighted by Gasteiger charge is 2.31. The normalized spacial score (nSPS) is 12.2. The van der Waals surface area contributed by atoms with E-state index in [4.69, 9.17) is 4.74 Å². The first-order valence-electron chi connectivity index (χ1n) is 10.8. The number of carbonyl (C=O) groups is 2. The van der Waals surface area contributed by atoms with Crippen molar-refractivity contribution in [2.24, 2.45) is 0 Å². The molecule has 1 N–H and O–H groups in total. The minimum Gasteiger partial charge on any atom is -0.497 e. The summed E-state index contributed by atoms with van der Waals surface area (Å²) >= 11 is 0. The summed E-state index contributed by atoms with van der Waals surface area (Å²) in [6, 6.07) is 14.8. The quantitative estimate of drug-likeness (QED) is 0.539. The minimum absolute atomic E-state index is 0.0999. The van der Waals surface area contributed by atoms with Gasteiger partial charge in [0.15, 0.2) is 0 Å². The summed E-state index contributed by atoms with van der Waals surface area (Å²) in [6.45, 7) is 5.23. The first-order valence-corrected chi connectivity index (χ1v) is 12.7. The Kier molecular flexibility index (Phi) is 9.28. The summed E-state index contributed by atoms with van der Waals surface area (Å²) < 4.78 is 31.4. The molecular weight excluding hydrogens is 442 g/mol. The van der Waals surface area contributed by atoms with Crippen LogP contribution < -0.4 is 14.4 Å². The molecule has 0 saturated carbocycles. The van der Waals surface area contributed by atoms with Crippen LogP contribution in [0.2, 0.25) is 0 Å². The van der Waals surface area contributed by atoms with Crippen molar-refractivity contribution in [1.29, 1.82) is 0 Å². The summed E-state index contributed by atoms with van der Waals surface area (Å²) in [7, 11) is -2.18. The number of benzene rings is 2. The molecule has 0 radical (unpaired) electrons. The molecule has 2 amide bonds. The molecule has 33 heavy (non-hydrogen) atoms. The van der Waals surface area contributed by atoms with E-state index in [1.54, 1.807) is 55.6 Å². The Hall–Kier alpha value is -3.07. The Morgan fingerprint density at radius 1 is 1.06 bits per heavy atom. The Balaban J connectivity index is 2.43. The lowest BCUT2D eigenvalue weighted by Crippen LogP contribution is -2.53. The van der Waals surface area contributed by atoms with Crippen LogP contribution in [0.1, 0.15) is 32.8 Å². The van der Waals surface area contributed by atoms with Crippen LogP contribution in [0.15, 0.2) is 54.6 Å². The number of methoxy groups -OCH3 is 1. The molecule has 0 aliphatic heterocycles. The smallest absolute Gasteiger partial charge is 0.244 e. The molecule has 0 aliphatic carbocycles. The molecule has 1 atom stereocenters. The van der Waals surface area contributed by atoms with Gasteiger partial charge in [0.1, 0.15) is 18.3 Å². The van der Waals surface area contributed by atoms with Gasteiger partial charge in [-0.25, -0.2) is 8.42 Å². The minimum atomic E-state index is -3.74. The third kappa shape index (κ3) is 7.49. The van der Waals surface area contributed by atoms with Crippen molar-refractivity contribution in [1.82, 2.24) is 10.2 Å². The Bertz CT molecular complexity index is 1040. The molecule has 0 spiro atoms. The number of anilines is 1. The third-order valence-corrected chi connectivity index (χ3v) is 6.17. The fourth-order valence-corrected chi connectivity index (χ4v) is 4.33. The fourth-order valence-electron chi connectivity index (χ4n) is 3.48. The molecule has 0 unspecified atom stereocenters. The number of amides is 2. The number of hydrogen-bond acceptors (Lipinski definition) is 5. The lowest BCUT2D eigenvalue weighted by Gasteiger charge is -2.33. The van der Waals surface area contributed by atoms with E-state index in [1.807, 2.05) is 26.8 Å². The maximum absolute atomic E-state index is 13.5. The van der Waals surface area contributed by atoms with Crippen LogP contribution in [0.4, 0.5) is 5.69 Å². The largest absolute Gasteiger partial charge is 0.497 e. The molecule has 8 nitrogen and oxygen atoms in total. The van der Waals surface area contributed by atoms with Crippen molar-refractivity contribution >= 4 is 27.5 Å². The highest BCUT2D eigenvalue weighted by atomic mass is 32.2. The second-order valence-electron chi connectivity index (χ2n) is 8.07. The summed E-state index contributed by atoms with van der Waals surface area (Å²) in [6.07, 6.45) is 1.43. The van der Waals surface area contributed by atoms with Crippen molar-refractivity contribution < 1.29 is 22.7 Å². The van der Waals surface area contributed by atoms with Crippen LogP contribution in [0.25, 0.3) is 0 Å². The van der Waals surface area contributed by atoms with Crippen molar-refractivity contribution in [3.05, 3.63) is 60.2 Å². The van der Waals surface area contributed by atoms with Crippen molar-refractivity contribution in [3.8, 4) is 5.75 Å². The van der Waals surface area contributed by atoms with Crippen molar-refractivity contribution in [2.75, 3.05) is 24.2 Å². The maximum Gasteiger partial charge on any atom is 0.244 e. The van der Waals surface area contributed by atoms with Crippen molar-refractivity contribution in [2.45, 2.75) is 45.8 Å². The monoisotopic (exact) mass is 475 g/mol. The SMILES string of the molecule is CC[C@@H](C(=O)NC(C)C)N(Cc1cccc(OC)c1)C(=O)CN(c1ccccc1)S(C)(=O)=O. The molecule has 0 saturated heterocycles. The fraction of sp³-hybridized carbons (Fsp3) is 0.417. The van der Waals surface area contributed by atoms with Gasteiger partial charge in [-0.1, -0.05) is 37.3 Å². The van der Waals surface area contributed by atoms with E-state index in [0.717, 1.165) is 16.1 Å². The average Bonchev–Trinajstić information content (AvgIpc) is 2.76. The molecule has 2 aromatic carbocycles. The zero-order chi connectivity index (χ0) is 24.6. The van der Waals surface area contributed by atoms with E-state index in [1.165, 1.54) is 4.90 Å². The zero-order valence-corrected chi connectivity index (χ0v) is 20.6. The Morgan fingerprint density at radius 3 is 2.27 bits per heavy atom. The topological polar surface area (TPSA) is 96.0 Å². The van der Waals surface area contributed by atoms with Crippen LogP contribution in [0.3, 0.4) is 0 Å². The Labute approximate surface area is 196 Å². The highest BCUT2D eigenvalue weighted by Crippen LogP contribution is 2.20. The van der Waals surface area contributed by atoms with Crippen LogP contribution in [-0.4, -0.2) is 57.1 Å². The summed E-state index contributed by atoms with van der Waals surface area (Å²) in [5.74, 6) is -0.131. The average molecular weight is 476 g/mol. The van der Waals surface area contributed by atoms with E-state index in [-0.39, 0.29) is 18.5 Å². The molecule has 2 rings (SSSR count). The number of nitrogens with zero attached hydrogens (tertiary/aromatic N) is 2. The standard InChI is InChI=1S/C24H33N3O5S/c1-6-22(24(29)25-18(2)3)26(16-19-11-10-14-21(15-19)32-4)23(28)17-27(33(5,30)31)20-12-8-7-9-13-20/h7-15,18,22H,6,16-17H2,1-5H3,(H,25,29)/t22-/m0/s1. The lowest BCUT2D eigenvalue weighted by atomic mass is 10.1. The summed E-state index contributed by atoms with van der Waals surface area (Å²) in [4.78, 5) is 27.9. The van der Waals surface area contributed by atoms with Gasteiger partial charge in [-0.2, -0.15) is 0 Å². The number of para-hydroxylation sites is 1. The highest BCUT2D eigenvalue weighted by molar-refractivity contribution is 7.92. The molecule has 0 heterocycles. The molecule has 9 heteroatoms. The van der Waals surface area contributed by atoms with Gasteiger partial charge in [-0.3, -0.25) is 13.9 Å². The number of carbonyl (C=O) groups excluding carboxylic acids is 2. The van der Waals surface area contributed by atoms with Gasteiger partial charge in [-0.15, -0.1) is 0 Å². The van der Waals surface area contributed by atoms with Crippen LogP contribution in [-0.2, 0) is 26.2 Å². The predicted octanol–water partition coefficient (Wildman–Crippen LogP) is 2.79. The first-order chi connectivity index (χ1) is 15.6. The van der Waals surface area contributed by atoms with Gasteiger partial charge in [-0.05, 0) is 50.1 Å². The second kappa shape index (κ2) is 11.7. The first kappa shape index (κ1) is 26.2. The van der Waals surface area contributed by atoms with Gasteiger partial charge >= 0.3 is 0 Å². The van der Waals surface area contributed by atoms with E-state index >= 15 is 0 Å². The maximum atomic E-state index is 13.5. The van der Waals surface area contributed by atoms with E-state index in [0.29, 0.717) is 17.9 Å². The van der Waals surface area contributed by atoms with Gasteiger partial charge in [0, 0.05) is 12.6 Å². The van der Waals surface area contributed by atoms with Gasteiger partial charge in [0.2, 0.25) is 21.8 Å². The number of rotatable bonds is 11. The summed E-state index contributed by atoms with van der Waals surface area (Å²) in [5.41, 5.74) is 1.15. The van der Waals surface area contributed by atoms with Gasteiger partial charge < -0.3 is 15.0 Å². The van der Waals surface area contributed by atoms with Crippen molar-refractivity contribution in [3.63, 3.8) is 0 Å². The molecule has 0 aromatic heterocycles.